The van der Waals surface area contributed by atoms with Crippen LogP contribution in [0.4, 0.5) is 0 Å². The largest absolute Gasteiger partial charge is 0.393 e. The fraction of sp³-hybridized carbons (Fsp3) is 0.909. The maximum Gasteiger partial charge on any atom is 0.230 e. The van der Waals surface area contributed by atoms with Gasteiger partial charge in [0.15, 0.2) is 9.84 Å². The molecule has 1 rings (SSSR count). The minimum Gasteiger partial charge on any atom is -0.393 e. The van der Waals surface area contributed by atoms with E-state index in [0.717, 1.165) is 6.42 Å². The molecule has 0 aromatic rings. The smallest absolute Gasteiger partial charge is 0.230 e. The molecular formula is C11H21NO4S2. The third-order valence-electron chi connectivity index (χ3n) is 2.76. The first kappa shape index (κ1) is 15.8. The highest BCUT2D eigenvalue weighted by molar-refractivity contribution is 8.02. The summed E-state index contributed by atoms with van der Waals surface area (Å²) >= 11 is 1.42. The van der Waals surface area contributed by atoms with Crippen molar-refractivity contribution in [3.63, 3.8) is 0 Å². The molecule has 2 unspecified atom stereocenters. The summed E-state index contributed by atoms with van der Waals surface area (Å²) in [5, 5.41) is 11.9. The van der Waals surface area contributed by atoms with Gasteiger partial charge in [-0.05, 0) is 26.2 Å². The Morgan fingerprint density at radius 3 is 2.83 bits per heavy atom. The van der Waals surface area contributed by atoms with Crippen LogP contribution in [0, 0.1) is 0 Å². The van der Waals surface area contributed by atoms with Gasteiger partial charge < -0.3 is 10.4 Å². The summed E-state index contributed by atoms with van der Waals surface area (Å²) in [6.07, 6.45) is 1.75. The lowest BCUT2D eigenvalue weighted by Gasteiger charge is -2.08. The normalized spacial score (nSPS) is 23.8. The fourth-order valence-corrected chi connectivity index (χ4v) is 5.24. The number of carbonyl (C=O) groups excluding carboxylic acids is 1. The molecule has 18 heavy (non-hydrogen) atoms. The summed E-state index contributed by atoms with van der Waals surface area (Å²) in [6.45, 7) is 2.28. The first-order valence-corrected chi connectivity index (χ1v) is 9.03. The van der Waals surface area contributed by atoms with Crippen LogP contribution < -0.4 is 5.32 Å². The predicted molar refractivity (Wildman–Crippen MR) is 73.4 cm³/mol. The zero-order valence-corrected chi connectivity index (χ0v) is 12.2. The van der Waals surface area contributed by atoms with Gasteiger partial charge in [-0.15, -0.1) is 11.8 Å². The molecular weight excluding hydrogens is 274 g/mol. The molecule has 0 aromatic heterocycles. The molecule has 1 fully saturated rings. The van der Waals surface area contributed by atoms with Crippen molar-refractivity contribution in [2.45, 2.75) is 37.5 Å². The van der Waals surface area contributed by atoms with E-state index in [4.69, 9.17) is 5.11 Å². The summed E-state index contributed by atoms with van der Waals surface area (Å²) in [5.41, 5.74) is 0. The van der Waals surface area contributed by atoms with E-state index in [-0.39, 0.29) is 28.8 Å². The molecule has 2 N–H and O–H groups in total. The van der Waals surface area contributed by atoms with Gasteiger partial charge in [0.25, 0.3) is 0 Å². The molecule has 5 nitrogen and oxygen atoms in total. The molecule has 1 saturated heterocycles. The average molecular weight is 295 g/mol. The first-order chi connectivity index (χ1) is 8.39. The number of thioether (sulfide) groups is 1. The molecule has 0 bridgehead atoms. The SMILES string of the molecule is CC(O)CCCNC(=O)CSC1CCS(=O)(=O)C1. The van der Waals surface area contributed by atoms with Gasteiger partial charge in [-0.25, -0.2) is 8.42 Å². The van der Waals surface area contributed by atoms with E-state index in [1.807, 2.05) is 0 Å². The van der Waals surface area contributed by atoms with Gasteiger partial charge >= 0.3 is 0 Å². The van der Waals surface area contributed by atoms with Crippen molar-refractivity contribution in [1.29, 1.82) is 0 Å². The fourth-order valence-electron chi connectivity index (χ4n) is 1.76. The number of amides is 1. The molecule has 106 valence electrons. The summed E-state index contributed by atoms with van der Waals surface area (Å²) < 4.78 is 22.4. The number of rotatable bonds is 7. The van der Waals surface area contributed by atoms with E-state index < -0.39 is 9.84 Å². The third kappa shape index (κ3) is 6.61. The first-order valence-electron chi connectivity index (χ1n) is 6.16. The lowest BCUT2D eigenvalue weighted by molar-refractivity contribution is -0.118. The maximum absolute atomic E-state index is 11.5. The Labute approximate surface area is 113 Å². The monoisotopic (exact) mass is 295 g/mol. The van der Waals surface area contributed by atoms with Gasteiger partial charge in [-0.2, -0.15) is 0 Å². The van der Waals surface area contributed by atoms with Crippen molar-refractivity contribution in [3.8, 4) is 0 Å². The van der Waals surface area contributed by atoms with Crippen LogP contribution in [-0.2, 0) is 14.6 Å². The standard InChI is InChI=1S/C11H21NO4S2/c1-9(13)3-2-5-12-11(14)7-17-10-4-6-18(15,16)8-10/h9-10,13H,2-8H2,1H3,(H,12,14). The molecule has 0 spiro atoms. The van der Waals surface area contributed by atoms with Crippen molar-refractivity contribution in [3.05, 3.63) is 0 Å². The Balaban J connectivity index is 2.07. The van der Waals surface area contributed by atoms with Crippen molar-refractivity contribution in [2.75, 3.05) is 23.8 Å². The quantitative estimate of drug-likeness (QED) is 0.655. The summed E-state index contributed by atoms with van der Waals surface area (Å²) in [4.78, 5) is 11.5. The van der Waals surface area contributed by atoms with Gasteiger partial charge in [-0.3, -0.25) is 4.79 Å². The Morgan fingerprint density at radius 1 is 1.56 bits per heavy atom. The van der Waals surface area contributed by atoms with Crippen LogP contribution >= 0.6 is 11.8 Å². The topological polar surface area (TPSA) is 83.5 Å². The maximum atomic E-state index is 11.5. The molecule has 1 aliphatic heterocycles. The number of sulfone groups is 1. The Morgan fingerprint density at radius 2 is 2.28 bits per heavy atom. The van der Waals surface area contributed by atoms with E-state index in [9.17, 15) is 13.2 Å². The number of nitrogens with one attached hydrogen (secondary N) is 1. The number of hydrogen-bond acceptors (Lipinski definition) is 5. The highest BCUT2D eigenvalue weighted by Crippen LogP contribution is 2.23. The van der Waals surface area contributed by atoms with E-state index in [2.05, 4.69) is 5.32 Å². The van der Waals surface area contributed by atoms with Crippen molar-refractivity contribution in [1.82, 2.24) is 5.32 Å². The van der Waals surface area contributed by atoms with Crippen LogP contribution in [0.25, 0.3) is 0 Å². The van der Waals surface area contributed by atoms with Crippen LogP contribution in [0.15, 0.2) is 0 Å². The van der Waals surface area contributed by atoms with Crippen LogP contribution in [0.2, 0.25) is 0 Å². The molecule has 1 heterocycles. The number of aliphatic hydroxyl groups is 1. The Hall–Kier alpha value is -0.270. The second kappa shape index (κ2) is 7.35. The van der Waals surface area contributed by atoms with E-state index in [1.54, 1.807) is 6.92 Å². The third-order valence-corrected chi connectivity index (χ3v) is 6.04. The number of aliphatic hydroxyl groups excluding tert-OH is 1. The molecule has 1 aliphatic rings. The zero-order valence-electron chi connectivity index (χ0n) is 10.6. The van der Waals surface area contributed by atoms with Gasteiger partial charge in [0, 0.05) is 11.8 Å². The average Bonchev–Trinajstić information content (AvgIpc) is 2.61. The van der Waals surface area contributed by atoms with E-state index in [0.29, 0.717) is 25.1 Å². The zero-order chi connectivity index (χ0) is 13.6. The molecule has 0 radical (unpaired) electrons. The second-order valence-corrected chi connectivity index (χ2v) is 8.19. The highest BCUT2D eigenvalue weighted by Gasteiger charge is 2.28. The van der Waals surface area contributed by atoms with Crippen molar-refractivity contribution < 1.29 is 18.3 Å². The molecule has 0 saturated carbocycles. The number of carbonyl (C=O) groups is 1. The summed E-state index contributed by atoms with van der Waals surface area (Å²) in [6, 6.07) is 0. The highest BCUT2D eigenvalue weighted by atomic mass is 32.2. The van der Waals surface area contributed by atoms with Gasteiger partial charge in [0.05, 0.1) is 23.4 Å². The van der Waals surface area contributed by atoms with E-state index >= 15 is 0 Å². The lowest BCUT2D eigenvalue weighted by Crippen LogP contribution is -2.27. The molecule has 1 amide bonds. The Bertz CT molecular complexity index is 367. The van der Waals surface area contributed by atoms with Gasteiger partial charge in [-0.1, -0.05) is 0 Å². The second-order valence-electron chi connectivity index (χ2n) is 4.68. The van der Waals surface area contributed by atoms with Crippen molar-refractivity contribution in [2.24, 2.45) is 0 Å². The van der Waals surface area contributed by atoms with E-state index in [1.165, 1.54) is 11.8 Å². The van der Waals surface area contributed by atoms with Crippen LogP contribution in [0.3, 0.4) is 0 Å². The Kier molecular flexibility index (Phi) is 6.45. The molecule has 0 aliphatic carbocycles. The lowest BCUT2D eigenvalue weighted by atomic mass is 10.2. The van der Waals surface area contributed by atoms with Crippen molar-refractivity contribution >= 4 is 27.5 Å². The van der Waals surface area contributed by atoms with Gasteiger partial charge in [0.2, 0.25) is 5.91 Å². The van der Waals surface area contributed by atoms with Crippen LogP contribution in [0.5, 0.6) is 0 Å². The minimum atomic E-state index is -2.85. The number of hydrogen-bond donors (Lipinski definition) is 2. The van der Waals surface area contributed by atoms with Gasteiger partial charge in [0.1, 0.15) is 0 Å². The predicted octanol–water partition coefficient (Wildman–Crippen LogP) is 0.184. The molecule has 2 atom stereocenters. The van der Waals surface area contributed by atoms with Crippen LogP contribution in [-0.4, -0.2) is 54.6 Å². The van der Waals surface area contributed by atoms with Crippen LogP contribution in [0.1, 0.15) is 26.2 Å². The summed E-state index contributed by atoms with van der Waals surface area (Å²) in [5.74, 6) is 0.706. The molecule has 0 aromatic carbocycles. The minimum absolute atomic E-state index is 0.0603. The summed E-state index contributed by atoms with van der Waals surface area (Å²) in [7, 11) is -2.85. The molecule has 7 heteroatoms.